The van der Waals surface area contributed by atoms with E-state index in [4.69, 9.17) is 16.5 Å². The second kappa shape index (κ2) is 8.95. The molecular weight excluding hydrogens is 426 g/mol. The van der Waals surface area contributed by atoms with Gasteiger partial charge in [0.05, 0.1) is 28.9 Å². The average molecular weight is 458 g/mol. The topological polar surface area (TPSA) is 138 Å². The number of carbonyl (C=O) groups excluding carboxylic acids is 1. The average Bonchev–Trinajstić information content (AvgIpc) is 3.52. The molecule has 0 spiro atoms. The summed E-state index contributed by atoms with van der Waals surface area (Å²) in [6.07, 6.45) is 15.4. The molecule has 0 aliphatic heterocycles. The number of nitrogens with one attached hydrogen (secondary N) is 3. The first-order chi connectivity index (χ1) is 16.5. The predicted molar refractivity (Wildman–Crippen MR) is 135 cm³/mol. The summed E-state index contributed by atoms with van der Waals surface area (Å²) in [5.41, 5.74) is 13.7. The minimum absolute atomic E-state index is 0.0188. The maximum absolute atomic E-state index is 13.2. The standard InChI is InChI=1S/C26H31N7O/c1-2-26(12-4-3-5-22(26)31-24(34)17-8-6-16(14-27)7-9-17)25-29-15-21(30-25)18-10-11-19-20(13-18)32-33-23(19)28/h2-5,10-13,15-17,22H,1,6-9,14,27H2,(H,29,30)(H,31,34)(H3,28,32,33)/t16?,17?,22?,26-/m0/s1. The van der Waals surface area contributed by atoms with Crippen LogP contribution in [0.25, 0.3) is 22.2 Å². The van der Waals surface area contributed by atoms with Gasteiger partial charge in [-0.05, 0) is 50.3 Å². The number of H-pyrrole nitrogens is 2. The summed E-state index contributed by atoms with van der Waals surface area (Å²) in [7, 11) is 0. The predicted octanol–water partition coefficient (Wildman–Crippen LogP) is 3.33. The van der Waals surface area contributed by atoms with Gasteiger partial charge >= 0.3 is 0 Å². The highest BCUT2D eigenvalue weighted by Crippen LogP contribution is 2.35. The van der Waals surface area contributed by atoms with Gasteiger partial charge in [-0.3, -0.25) is 9.89 Å². The quantitative estimate of drug-likeness (QED) is 0.361. The zero-order valence-corrected chi connectivity index (χ0v) is 19.1. The number of allylic oxidation sites excluding steroid dienone is 2. The van der Waals surface area contributed by atoms with Crippen molar-refractivity contribution in [3.8, 4) is 11.3 Å². The van der Waals surface area contributed by atoms with Gasteiger partial charge in [0.1, 0.15) is 5.82 Å². The van der Waals surface area contributed by atoms with Crippen LogP contribution in [0.3, 0.4) is 0 Å². The number of rotatable bonds is 6. The van der Waals surface area contributed by atoms with Crippen LogP contribution in [-0.4, -0.2) is 38.7 Å². The van der Waals surface area contributed by atoms with Crippen LogP contribution < -0.4 is 16.8 Å². The van der Waals surface area contributed by atoms with E-state index in [1.807, 2.05) is 48.6 Å². The molecular formula is C26H31N7O. The zero-order valence-electron chi connectivity index (χ0n) is 19.1. The van der Waals surface area contributed by atoms with Gasteiger partial charge < -0.3 is 21.8 Å². The lowest BCUT2D eigenvalue weighted by atomic mass is 9.75. The molecule has 0 saturated heterocycles. The van der Waals surface area contributed by atoms with Gasteiger partial charge in [0.25, 0.3) is 0 Å². The molecule has 2 heterocycles. The van der Waals surface area contributed by atoms with Crippen molar-refractivity contribution in [3.05, 3.63) is 67.2 Å². The molecule has 7 N–H and O–H groups in total. The molecule has 1 aromatic carbocycles. The van der Waals surface area contributed by atoms with Gasteiger partial charge in [-0.1, -0.05) is 36.4 Å². The zero-order chi connectivity index (χ0) is 23.7. The third-order valence-corrected chi connectivity index (χ3v) is 7.38. The Morgan fingerprint density at radius 3 is 2.85 bits per heavy atom. The monoisotopic (exact) mass is 457 g/mol. The van der Waals surface area contributed by atoms with E-state index in [-0.39, 0.29) is 17.9 Å². The molecule has 2 atom stereocenters. The Balaban J connectivity index is 1.39. The van der Waals surface area contributed by atoms with E-state index >= 15 is 0 Å². The summed E-state index contributed by atoms with van der Waals surface area (Å²) in [6.45, 7) is 4.81. The van der Waals surface area contributed by atoms with E-state index in [2.05, 4.69) is 27.1 Å². The molecule has 176 valence electrons. The molecule has 1 fully saturated rings. The number of benzene rings is 1. The van der Waals surface area contributed by atoms with Gasteiger partial charge in [-0.2, -0.15) is 5.10 Å². The van der Waals surface area contributed by atoms with Gasteiger partial charge in [0.2, 0.25) is 5.91 Å². The second-order valence-electron chi connectivity index (χ2n) is 9.34. The van der Waals surface area contributed by atoms with Crippen molar-refractivity contribution in [2.24, 2.45) is 17.6 Å². The Hall–Kier alpha value is -3.65. The number of nitrogens with two attached hydrogens (primary N) is 2. The van der Waals surface area contributed by atoms with Crippen molar-refractivity contribution < 1.29 is 4.79 Å². The number of hydrogen-bond acceptors (Lipinski definition) is 5. The first-order valence-corrected chi connectivity index (χ1v) is 11.8. The van der Waals surface area contributed by atoms with Crippen molar-refractivity contribution in [2.75, 3.05) is 12.3 Å². The number of fused-ring (bicyclic) bond motifs is 1. The van der Waals surface area contributed by atoms with E-state index in [1.165, 1.54) is 0 Å². The van der Waals surface area contributed by atoms with Crippen LogP contribution in [-0.2, 0) is 10.2 Å². The van der Waals surface area contributed by atoms with Crippen molar-refractivity contribution in [3.63, 3.8) is 0 Å². The van der Waals surface area contributed by atoms with Crippen LogP contribution in [0.2, 0.25) is 0 Å². The highest BCUT2D eigenvalue weighted by Gasteiger charge is 2.40. The minimum atomic E-state index is -0.681. The van der Waals surface area contributed by atoms with Gasteiger partial charge in [-0.15, -0.1) is 6.58 Å². The van der Waals surface area contributed by atoms with E-state index in [0.717, 1.165) is 53.7 Å². The number of anilines is 1. The molecule has 2 aliphatic carbocycles. The van der Waals surface area contributed by atoms with E-state index in [9.17, 15) is 4.79 Å². The summed E-state index contributed by atoms with van der Waals surface area (Å²) >= 11 is 0. The smallest absolute Gasteiger partial charge is 0.223 e. The molecule has 2 aliphatic rings. The Bertz CT molecular complexity index is 1260. The van der Waals surface area contributed by atoms with Gasteiger partial charge in [0, 0.05) is 16.9 Å². The molecule has 3 aromatic rings. The van der Waals surface area contributed by atoms with Gasteiger partial charge in [0.15, 0.2) is 5.82 Å². The second-order valence-corrected chi connectivity index (χ2v) is 9.34. The molecule has 1 unspecified atom stereocenters. The maximum atomic E-state index is 13.2. The molecule has 0 bridgehead atoms. The Labute approximate surface area is 198 Å². The summed E-state index contributed by atoms with van der Waals surface area (Å²) in [6, 6.07) is 5.63. The number of amides is 1. The largest absolute Gasteiger partial charge is 0.382 e. The summed E-state index contributed by atoms with van der Waals surface area (Å²) in [5, 5.41) is 11.2. The van der Waals surface area contributed by atoms with Crippen LogP contribution >= 0.6 is 0 Å². The molecule has 2 aromatic heterocycles. The number of nitrogen functional groups attached to an aromatic ring is 1. The van der Waals surface area contributed by atoms with Crippen molar-refractivity contribution >= 4 is 22.6 Å². The Morgan fingerprint density at radius 1 is 1.26 bits per heavy atom. The Kier molecular flexibility index (Phi) is 5.83. The molecule has 1 amide bonds. The molecule has 1 saturated carbocycles. The Morgan fingerprint density at radius 2 is 2.09 bits per heavy atom. The number of aromatic amines is 2. The maximum Gasteiger partial charge on any atom is 0.223 e. The summed E-state index contributed by atoms with van der Waals surface area (Å²) < 4.78 is 0. The van der Waals surface area contributed by atoms with Crippen molar-refractivity contribution in [1.29, 1.82) is 0 Å². The van der Waals surface area contributed by atoms with Crippen LogP contribution in [0.4, 0.5) is 5.82 Å². The first kappa shape index (κ1) is 22.2. The molecule has 34 heavy (non-hydrogen) atoms. The summed E-state index contributed by atoms with van der Waals surface area (Å²) in [4.78, 5) is 21.3. The molecule has 8 nitrogen and oxygen atoms in total. The van der Waals surface area contributed by atoms with Gasteiger partial charge in [-0.25, -0.2) is 4.98 Å². The SMILES string of the molecule is C=C[C@]1(c2ncc(-c3ccc4c(N)n[nH]c4c3)[nH]2)C=CC=CC1NC(=O)C1CCC(CN)CC1. The fraction of sp³-hybridized carbons (Fsp3) is 0.346. The number of nitrogens with zero attached hydrogens (tertiary/aromatic N) is 2. The normalized spacial score (nSPS) is 26.6. The lowest BCUT2D eigenvalue weighted by Gasteiger charge is -2.36. The number of imidazole rings is 1. The fourth-order valence-corrected chi connectivity index (χ4v) is 5.17. The van der Waals surface area contributed by atoms with Crippen LogP contribution in [0.5, 0.6) is 0 Å². The van der Waals surface area contributed by atoms with E-state index < -0.39 is 5.41 Å². The van der Waals surface area contributed by atoms with Crippen molar-refractivity contribution in [2.45, 2.75) is 37.1 Å². The van der Waals surface area contributed by atoms with Crippen LogP contribution in [0, 0.1) is 11.8 Å². The lowest BCUT2D eigenvalue weighted by molar-refractivity contribution is -0.126. The third-order valence-electron chi connectivity index (χ3n) is 7.38. The number of aromatic nitrogens is 4. The molecule has 8 heteroatoms. The molecule has 0 radical (unpaired) electrons. The highest BCUT2D eigenvalue weighted by molar-refractivity contribution is 5.91. The highest BCUT2D eigenvalue weighted by atomic mass is 16.1. The third kappa shape index (κ3) is 3.84. The van der Waals surface area contributed by atoms with Crippen molar-refractivity contribution in [1.82, 2.24) is 25.5 Å². The van der Waals surface area contributed by atoms with E-state index in [0.29, 0.717) is 18.3 Å². The number of carbonyl (C=O) groups is 1. The lowest BCUT2D eigenvalue weighted by Crippen LogP contribution is -2.50. The van der Waals surface area contributed by atoms with Crippen LogP contribution in [0.1, 0.15) is 31.5 Å². The van der Waals surface area contributed by atoms with Crippen LogP contribution in [0.15, 0.2) is 61.4 Å². The fourth-order valence-electron chi connectivity index (χ4n) is 5.17. The van der Waals surface area contributed by atoms with E-state index in [1.54, 1.807) is 6.20 Å². The summed E-state index contributed by atoms with van der Waals surface area (Å²) in [5.74, 6) is 1.84. The first-order valence-electron chi connectivity index (χ1n) is 11.8. The molecule has 5 rings (SSSR count). The number of hydrogen-bond donors (Lipinski definition) is 5. The minimum Gasteiger partial charge on any atom is -0.382 e.